The van der Waals surface area contributed by atoms with E-state index in [2.05, 4.69) is 11.0 Å². The molecular weight excluding hydrogens is 336 g/mol. The van der Waals surface area contributed by atoms with Crippen molar-refractivity contribution in [1.29, 1.82) is 0 Å². The number of carbonyl (C=O) groups is 1. The molecule has 0 bridgehead atoms. The highest BCUT2D eigenvalue weighted by atomic mass is 32.1. The summed E-state index contributed by atoms with van der Waals surface area (Å²) in [5, 5.41) is 1.03. The van der Waals surface area contributed by atoms with Crippen molar-refractivity contribution >= 4 is 32.7 Å². The SMILES string of the molecule is CCOc1ccc2nc(N3CCCC(N(C)C(=O)N(C)C)C3)sc2c1. The molecular formula is C18H26N4O2S. The summed E-state index contributed by atoms with van der Waals surface area (Å²) >= 11 is 1.69. The molecule has 1 atom stereocenters. The van der Waals surface area contributed by atoms with Gasteiger partial charge in [0.25, 0.3) is 0 Å². The molecule has 1 fully saturated rings. The van der Waals surface area contributed by atoms with Gasteiger partial charge < -0.3 is 19.4 Å². The second kappa shape index (κ2) is 7.47. The number of rotatable bonds is 4. The van der Waals surface area contributed by atoms with Crippen LogP contribution in [0.25, 0.3) is 10.2 Å². The first-order valence-corrected chi connectivity index (χ1v) is 9.53. The molecule has 3 rings (SSSR count). The van der Waals surface area contributed by atoms with E-state index in [-0.39, 0.29) is 12.1 Å². The molecule has 2 aromatic rings. The van der Waals surface area contributed by atoms with E-state index in [1.807, 2.05) is 31.0 Å². The van der Waals surface area contributed by atoms with Gasteiger partial charge in [0.05, 0.1) is 22.9 Å². The molecule has 0 saturated carbocycles. The summed E-state index contributed by atoms with van der Waals surface area (Å²) in [6.45, 7) is 4.46. The fraction of sp³-hybridized carbons (Fsp3) is 0.556. The van der Waals surface area contributed by atoms with Crippen molar-refractivity contribution < 1.29 is 9.53 Å². The molecule has 1 aromatic carbocycles. The normalized spacial score (nSPS) is 17.6. The van der Waals surface area contributed by atoms with E-state index in [1.165, 1.54) is 0 Å². The number of fused-ring (bicyclic) bond motifs is 1. The quantitative estimate of drug-likeness (QED) is 0.837. The highest BCUT2D eigenvalue weighted by Gasteiger charge is 2.28. The van der Waals surface area contributed by atoms with Gasteiger partial charge in [-0.05, 0) is 38.0 Å². The van der Waals surface area contributed by atoms with Crippen molar-refractivity contribution in [3.63, 3.8) is 0 Å². The number of benzene rings is 1. The van der Waals surface area contributed by atoms with Gasteiger partial charge in [0, 0.05) is 34.2 Å². The largest absolute Gasteiger partial charge is 0.494 e. The first-order chi connectivity index (χ1) is 12.0. The van der Waals surface area contributed by atoms with Crippen LogP contribution in [-0.2, 0) is 0 Å². The zero-order chi connectivity index (χ0) is 18.0. The van der Waals surface area contributed by atoms with E-state index < -0.39 is 0 Å². The van der Waals surface area contributed by atoms with Crippen LogP contribution in [0.1, 0.15) is 19.8 Å². The van der Waals surface area contributed by atoms with Crippen molar-refractivity contribution in [2.75, 3.05) is 45.7 Å². The Bertz CT molecular complexity index is 746. The van der Waals surface area contributed by atoms with E-state index in [9.17, 15) is 4.79 Å². The smallest absolute Gasteiger partial charge is 0.319 e. The number of hydrogen-bond donors (Lipinski definition) is 0. The number of carbonyl (C=O) groups excluding carboxylic acids is 1. The lowest BCUT2D eigenvalue weighted by Crippen LogP contribution is -2.51. The van der Waals surface area contributed by atoms with Gasteiger partial charge in [-0.3, -0.25) is 0 Å². The Morgan fingerprint density at radius 1 is 1.40 bits per heavy atom. The summed E-state index contributed by atoms with van der Waals surface area (Å²) in [5.41, 5.74) is 1.00. The van der Waals surface area contributed by atoms with E-state index in [4.69, 9.17) is 9.72 Å². The van der Waals surface area contributed by atoms with Crippen LogP contribution in [-0.4, -0.2) is 67.7 Å². The third-order valence-electron chi connectivity index (χ3n) is 4.56. The summed E-state index contributed by atoms with van der Waals surface area (Å²) in [6, 6.07) is 6.32. The molecule has 1 unspecified atom stereocenters. The number of nitrogens with zero attached hydrogens (tertiary/aromatic N) is 4. The number of urea groups is 1. The third kappa shape index (κ3) is 3.81. The van der Waals surface area contributed by atoms with Gasteiger partial charge in [0.15, 0.2) is 5.13 Å². The van der Waals surface area contributed by atoms with E-state index in [1.54, 1.807) is 30.3 Å². The molecule has 25 heavy (non-hydrogen) atoms. The zero-order valence-electron chi connectivity index (χ0n) is 15.4. The summed E-state index contributed by atoms with van der Waals surface area (Å²) in [5.74, 6) is 0.887. The number of ether oxygens (including phenoxy) is 1. The Hall–Kier alpha value is -2.02. The molecule has 1 aliphatic heterocycles. The van der Waals surface area contributed by atoms with Gasteiger partial charge in [-0.2, -0.15) is 0 Å². The predicted octanol–water partition coefficient (Wildman–Crippen LogP) is 3.28. The van der Waals surface area contributed by atoms with E-state index >= 15 is 0 Å². The van der Waals surface area contributed by atoms with Gasteiger partial charge >= 0.3 is 6.03 Å². The van der Waals surface area contributed by atoms with Crippen LogP contribution < -0.4 is 9.64 Å². The number of thiazole rings is 1. The summed E-state index contributed by atoms with van der Waals surface area (Å²) < 4.78 is 6.72. The van der Waals surface area contributed by atoms with Gasteiger partial charge in [-0.25, -0.2) is 9.78 Å². The fourth-order valence-corrected chi connectivity index (χ4v) is 4.23. The molecule has 7 heteroatoms. The standard InChI is InChI=1S/C18H26N4O2S/c1-5-24-14-8-9-15-16(11-14)25-17(19-15)22-10-6-7-13(12-22)21(4)18(23)20(2)3/h8-9,11,13H,5-7,10,12H2,1-4H3. The van der Waals surface area contributed by atoms with Crippen LogP contribution in [0.4, 0.5) is 9.93 Å². The lowest BCUT2D eigenvalue weighted by molar-refractivity contribution is 0.157. The van der Waals surface area contributed by atoms with Gasteiger partial charge in [-0.1, -0.05) is 11.3 Å². The van der Waals surface area contributed by atoms with Crippen LogP contribution in [0, 0.1) is 0 Å². The van der Waals surface area contributed by atoms with Gasteiger partial charge in [-0.15, -0.1) is 0 Å². The molecule has 2 amide bonds. The second-order valence-electron chi connectivity index (χ2n) is 6.59. The van der Waals surface area contributed by atoms with Crippen molar-refractivity contribution in [3.8, 4) is 5.75 Å². The molecule has 2 heterocycles. The topological polar surface area (TPSA) is 48.9 Å². The van der Waals surface area contributed by atoms with Crippen LogP contribution in [0.2, 0.25) is 0 Å². The van der Waals surface area contributed by atoms with Crippen LogP contribution in [0.5, 0.6) is 5.75 Å². The Kier molecular flexibility index (Phi) is 5.32. The first-order valence-electron chi connectivity index (χ1n) is 8.72. The summed E-state index contributed by atoms with van der Waals surface area (Å²) in [6.07, 6.45) is 2.10. The van der Waals surface area contributed by atoms with Crippen LogP contribution >= 0.6 is 11.3 Å². The fourth-order valence-electron chi connectivity index (χ4n) is 3.20. The molecule has 1 saturated heterocycles. The monoisotopic (exact) mass is 362 g/mol. The highest BCUT2D eigenvalue weighted by molar-refractivity contribution is 7.22. The average Bonchev–Trinajstić information content (AvgIpc) is 3.04. The minimum Gasteiger partial charge on any atom is -0.494 e. The second-order valence-corrected chi connectivity index (χ2v) is 7.60. The third-order valence-corrected chi connectivity index (χ3v) is 5.64. The van der Waals surface area contributed by atoms with Gasteiger partial charge in [0.1, 0.15) is 5.75 Å². The van der Waals surface area contributed by atoms with Crippen LogP contribution in [0.15, 0.2) is 18.2 Å². The molecule has 0 radical (unpaired) electrons. The highest BCUT2D eigenvalue weighted by Crippen LogP contribution is 2.33. The number of amides is 2. The molecule has 0 spiro atoms. The Morgan fingerprint density at radius 3 is 2.92 bits per heavy atom. The molecule has 6 nitrogen and oxygen atoms in total. The minimum absolute atomic E-state index is 0.0532. The Balaban J connectivity index is 1.77. The lowest BCUT2D eigenvalue weighted by Gasteiger charge is -2.38. The first kappa shape index (κ1) is 17.8. The predicted molar refractivity (Wildman–Crippen MR) is 103 cm³/mol. The lowest BCUT2D eigenvalue weighted by atomic mass is 10.1. The number of likely N-dealkylation sites (N-methyl/N-ethyl adjacent to an activating group) is 1. The minimum atomic E-state index is 0.0532. The van der Waals surface area contributed by atoms with Crippen molar-refractivity contribution in [3.05, 3.63) is 18.2 Å². The molecule has 0 aliphatic carbocycles. The van der Waals surface area contributed by atoms with Crippen molar-refractivity contribution in [2.24, 2.45) is 0 Å². The number of piperidine rings is 1. The molecule has 1 aliphatic rings. The van der Waals surface area contributed by atoms with Gasteiger partial charge in [0.2, 0.25) is 0 Å². The average molecular weight is 362 g/mol. The van der Waals surface area contributed by atoms with E-state index in [0.717, 1.165) is 47.0 Å². The maximum absolute atomic E-state index is 12.2. The molecule has 136 valence electrons. The van der Waals surface area contributed by atoms with E-state index in [0.29, 0.717) is 6.61 Å². The van der Waals surface area contributed by atoms with Crippen LogP contribution in [0.3, 0.4) is 0 Å². The Labute approximate surface area is 153 Å². The molecule has 0 N–H and O–H groups in total. The maximum Gasteiger partial charge on any atom is 0.319 e. The van der Waals surface area contributed by atoms with Crippen molar-refractivity contribution in [2.45, 2.75) is 25.8 Å². The zero-order valence-corrected chi connectivity index (χ0v) is 16.2. The summed E-state index contributed by atoms with van der Waals surface area (Å²) in [4.78, 5) is 22.8. The molecule has 1 aromatic heterocycles. The Morgan fingerprint density at radius 2 is 2.20 bits per heavy atom. The summed E-state index contributed by atoms with van der Waals surface area (Å²) in [7, 11) is 5.48. The number of anilines is 1. The van der Waals surface area contributed by atoms with Crippen molar-refractivity contribution in [1.82, 2.24) is 14.8 Å². The number of hydrogen-bond acceptors (Lipinski definition) is 5. The number of aromatic nitrogens is 1. The maximum atomic E-state index is 12.2.